The molecule has 1 heterocycles. The van der Waals surface area contributed by atoms with Gasteiger partial charge in [0.1, 0.15) is 0 Å². The maximum atomic E-state index is 11.0. The fourth-order valence-electron chi connectivity index (χ4n) is 0.624. The first-order chi connectivity index (χ1) is 8.39. The summed E-state index contributed by atoms with van der Waals surface area (Å²) >= 11 is 0. The molecule has 1 rings (SSSR count). The zero-order valence-corrected chi connectivity index (χ0v) is 8.63. The minimum atomic E-state index is -0.574. The fraction of sp³-hybridized carbons (Fsp3) is 0. The molecule has 0 bridgehead atoms. The zero-order valence-electron chi connectivity index (χ0n) is 8.63. The molecule has 0 aliphatic carbocycles. The number of carbonyl (C=O) groups excluding carboxylic acids is 1. The van der Waals surface area contributed by atoms with Gasteiger partial charge in [-0.25, -0.2) is 4.79 Å². The summed E-state index contributed by atoms with van der Waals surface area (Å²) in [5, 5.41) is 0. The number of carbonyl (C=O) groups is 1. The maximum absolute atomic E-state index is 11.0. The van der Waals surface area contributed by atoms with E-state index in [0.717, 1.165) is 6.08 Å². The highest BCUT2D eigenvalue weighted by molar-refractivity contribution is 5.82. The largest absolute Gasteiger partial charge is 0.431 e. The standard InChI is InChI=1S/C15H4O2/c16-15-13-11-9-7-5-3-1-2-4-6-8-10-12-14-17-15/h10,12-14H. The van der Waals surface area contributed by atoms with E-state index in [1.807, 2.05) is 0 Å². The highest BCUT2D eigenvalue weighted by Crippen LogP contribution is 1.82. The number of cyclic esters (lactones) is 1. The van der Waals surface area contributed by atoms with E-state index in [1.54, 1.807) is 0 Å². The molecule has 1 aliphatic rings. The number of hydrogen-bond acceptors (Lipinski definition) is 2. The summed E-state index contributed by atoms with van der Waals surface area (Å²) < 4.78 is 4.65. The van der Waals surface area contributed by atoms with Crippen molar-refractivity contribution < 1.29 is 9.53 Å². The minimum absolute atomic E-state index is 0.574. The van der Waals surface area contributed by atoms with Crippen molar-refractivity contribution in [3.63, 3.8) is 0 Å². The van der Waals surface area contributed by atoms with Crippen LogP contribution in [0.3, 0.4) is 0 Å². The molecule has 0 saturated heterocycles. The molecule has 2 heteroatoms. The van der Waals surface area contributed by atoms with Gasteiger partial charge in [0.25, 0.3) is 0 Å². The van der Waals surface area contributed by atoms with Crippen LogP contribution in [0.4, 0.5) is 0 Å². The number of hydrogen-bond donors (Lipinski definition) is 0. The predicted octanol–water partition coefficient (Wildman–Crippen LogP) is 2.16. The lowest BCUT2D eigenvalue weighted by molar-refractivity contribution is -0.132. The molecule has 0 unspecified atom stereocenters. The summed E-state index contributed by atoms with van der Waals surface area (Å²) in [6.45, 7) is 0. The van der Waals surface area contributed by atoms with Crippen LogP contribution in [0, 0.1) is 0 Å². The molecule has 0 N–H and O–H groups in total. The van der Waals surface area contributed by atoms with Crippen molar-refractivity contribution in [1.82, 2.24) is 0 Å². The topological polar surface area (TPSA) is 26.3 Å². The van der Waals surface area contributed by atoms with Crippen molar-refractivity contribution in [3.05, 3.63) is 81.8 Å². The second kappa shape index (κ2) is 8.09. The third kappa shape index (κ3) is 6.77. The lowest BCUT2D eigenvalue weighted by Gasteiger charge is -1.86. The van der Waals surface area contributed by atoms with Gasteiger partial charge in [-0.1, -0.05) is 11.5 Å². The van der Waals surface area contributed by atoms with Crippen molar-refractivity contribution in [2.75, 3.05) is 0 Å². The Morgan fingerprint density at radius 1 is 0.824 bits per heavy atom. The molecule has 76 valence electrons. The van der Waals surface area contributed by atoms with Crippen molar-refractivity contribution in [1.29, 1.82) is 0 Å². The average molecular weight is 216 g/mol. The number of esters is 1. The van der Waals surface area contributed by atoms with Gasteiger partial charge in [0.15, 0.2) is 0 Å². The Hall–Kier alpha value is -3.25. The van der Waals surface area contributed by atoms with Crippen LogP contribution in [-0.4, -0.2) is 5.97 Å². The number of allylic oxidation sites excluding steroid dienone is 2. The lowest BCUT2D eigenvalue weighted by atomic mass is 10.5. The monoisotopic (exact) mass is 216 g/mol. The van der Waals surface area contributed by atoms with E-state index in [-0.39, 0.29) is 0 Å². The third-order valence-corrected chi connectivity index (χ3v) is 1.21. The summed E-state index contributed by atoms with van der Waals surface area (Å²) in [5.74, 6) is -0.574. The maximum Gasteiger partial charge on any atom is 0.344 e. The van der Waals surface area contributed by atoms with Crippen LogP contribution in [0.1, 0.15) is 0 Å². The van der Waals surface area contributed by atoms with Crippen molar-refractivity contribution >= 4 is 5.97 Å². The molecule has 0 atom stereocenters. The average Bonchev–Trinajstić information content (AvgIpc) is 2.32. The second-order valence-corrected chi connectivity index (χ2v) is 2.37. The first-order valence-electron chi connectivity index (χ1n) is 4.43. The minimum Gasteiger partial charge on any atom is -0.431 e. The van der Waals surface area contributed by atoms with Gasteiger partial charge < -0.3 is 4.74 Å². The van der Waals surface area contributed by atoms with Gasteiger partial charge in [0.05, 0.1) is 12.3 Å². The molecule has 2 nitrogen and oxygen atoms in total. The van der Waals surface area contributed by atoms with Crippen molar-refractivity contribution in [2.45, 2.75) is 0 Å². The molecule has 0 amide bonds. The van der Waals surface area contributed by atoms with Gasteiger partial charge in [-0.3, -0.25) is 0 Å². The fourth-order valence-corrected chi connectivity index (χ4v) is 0.624. The Morgan fingerprint density at radius 3 is 2.12 bits per heavy atom. The lowest BCUT2D eigenvalue weighted by Crippen LogP contribution is -1.91. The third-order valence-electron chi connectivity index (χ3n) is 1.21. The molecule has 17 heavy (non-hydrogen) atoms. The Kier molecular flexibility index (Phi) is 5.63. The van der Waals surface area contributed by atoms with Gasteiger partial charge in [0.2, 0.25) is 0 Å². The first-order valence-corrected chi connectivity index (χ1v) is 4.43. The van der Waals surface area contributed by atoms with Crippen LogP contribution < -0.4 is 0 Å². The molecule has 0 radical (unpaired) electrons. The van der Waals surface area contributed by atoms with Crippen LogP contribution in [0.5, 0.6) is 0 Å². The molecule has 0 saturated carbocycles. The Morgan fingerprint density at radius 2 is 1.41 bits per heavy atom. The van der Waals surface area contributed by atoms with E-state index >= 15 is 0 Å². The van der Waals surface area contributed by atoms with Crippen LogP contribution in [-0.2, 0) is 9.53 Å². The summed E-state index contributed by atoms with van der Waals surface area (Å²) in [5.41, 5.74) is 24.8. The van der Waals surface area contributed by atoms with E-state index in [4.69, 9.17) is 0 Å². The molecular weight excluding hydrogens is 212 g/mol. The van der Waals surface area contributed by atoms with Gasteiger partial charge in [-0.15, -0.1) is 0 Å². The Balaban J connectivity index is 3.41. The van der Waals surface area contributed by atoms with Gasteiger partial charge >= 0.3 is 5.97 Å². The summed E-state index contributed by atoms with van der Waals surface area (Å²) in [6, 6.07) is 0. The highest BCUT2D eigenvalue weighted by Gasteiger charge is 1.88. The van der Waals surface area contributed by atoms with Crippen LogP contribution in [0.2, 0.25) is 0 Å². The summed E-state index contributed by atoms with van der Waals surface area (Å²) in [6.07, 6.45) is 5.25. The molecule has 0 fully saturated rings. The van der Waals surface area contributed by atoms with Crippen molar-refractivity contribution in [2.24, 2.45) is 0 Å². The van der Waals surface area contributed by atoms with Gasteiger partial charge in [-0.05, 0) is 58.0 Å². The number of rotatable bonds is 0. The molecular formula is C15H4O2. The Labute approximate surface area is 97.8 Å². The van der Waals surface area contributed by atoms with Gasteiger partial charge in [-0.2, -0.15) is 0 Å². The number of ether oxygens (including phenoxy) is 1. The molecule has 0 spiro atoms. The van der Waals surface area contributed by atoms with Crippen LogP contribution in [0.25, 0.3) is 0 Å². The van der Waals surface area contributed by atoms with E-state index in [2.05, 4.69) is 62.0 Å². The van der Waals surface area contributed by atoms with Crippen LogP contribution in [0.15, 0.2) is 81.8 Å². The normalized spacial score (nSPS) is 11.6. The molecule has 0 aromatic heterocycles. The molecule has 0 aromatic carbocycles. The summed E-state index contributed by atoms with van der Waals surface area (Å²) in [7, 11) is 0. The molecule has 1 aliphatic heterocycles. The SMILES string of the molecule is O=C1C=C=C=C=C=C=C=C=C=C=C=CC=CO1. The highest BCUT2D eigenvalue weighted by atomic mass is 16.5. The van der Waals surface area contributed by atoms with E-state index in [9.17, 15) is 4.79 Å². The van der Waals surface area contributed by atoms with E-state index < -0.39 is 5.97 Å². The van der Waals surface area contributed by atoms with Crippen LogP contribution >= 0.6 is 0 Å². The Bertz CT molecular complexity index is 730. The second-order valence-electron chi connectivity index (χ2n) is 2.37. The van der Waals surface area contributed by atoms with Crippen molar-refractivity contribution in [3.8, 4) is 0 Å². The first kappa shape index (κ1) is 11.8. The summed E-state index contributed by atoms with van der Waals surface area (Å²) in [4.78, 5) is 11.0. The van der Waals surface area contributed by atoms with E-state index in [0.29, 0.717) is 0 Å². The molecule has 0 aromatic rings. The van der Waals surface area contributed by atoms with Gasteiger partial charge in [0, 0.05) is 0 Å². The smallest absolute Gasteiger partial charge is 0.344 e. The quantitative estimate of drug-likeness (QED) is 0.458. The predicted molar refractivity (Wildman–Crippen MR) is 59.5 cm³/mol. The van der Waals surface area contributed by atoms with E-state index in [1.165, 1.54) is 18.4 Å². The zero-order chi connectivity index (χ0) is 12.2.